The number of nitrogens with one attached hydrogen (secondary N) is 1. The van der Waals surface area contributed by atoms with Gasteiger partial charge in [0.2, 0.25) is 0 Å². The quantitative estimate of drug-likeness (QED) is 0.618. The molecule has 18 heavy (non-hydrogen) atoms. The summed E-state index contributed by atoms with van der Waals surface area (Å²) >= 11 is 7.59. The number of hydrogen-bond acceptors (Lipinski definition) is 4. The number of rotatable bonds is 3. The zero-order valence-corrected chi connectivity index (χ0v) is 12.7. The van der Waals surface area contributed by atoms with Crippen LogP contribution < -0.4 is 5.56 Å². The lowest BCUT2D eigenvalue weighted by atomic mass is 10.2. The monoisotopic (exact) mass is 392 g/mol. The van der Waals surface area contributed by atoms with Crippen LogP contribution in [0.5, 0.6) is 0 Å². The molecule has 0 aliphatic heterocycles. The first-order valence-corrected chi connectivity index (χ1v) is 7.28. The molecule has 0 aliphatic carbocycles. The highest BCUT2D eigenvalue weighted by Gasteiger charge is 2.09. The number of nitrogens with zero attached hydrogens (tertiary/aromatic N) is 1. The summed E-state index contributed by atoms with van der Waals surface area (Å²) in [7, 11) is 0. The molecule has 1 heterocycles. The summed E-state index contributed by atoms with van der Waals surface area (Å²) in [5, 5.41) is 9.32. The summed E-state index contributed by atoms with van der Waals surface area (Å²) in [4.78, 5) is 29.1. The summed E-state index contributed by atoms with van der Waals surface area (Å²) in [6.07, 6.45) is 0. The van der Waals surface area contributed by atoms with Gasteiger partial charge in [0.1, 0.15) is 0 Å². The lowest BCUT2D eigenvalue weighted by Crippen LogP contribution is -2.10. The molecule has 2 rings (SSSR count). The number of fused-ring (bicyclic) bond motifs is 1. The molecule has 2 N–H and O–H groups in total. The smallest absolute Gasteiger partial charge is 0.313 e. The van der Waals surface area contributed by atoms with Crippen molar-refractivity contribution >= 4 is 60.5 Å². The van der Waals surface area contributed by atoms with Crippen LogP contribution in [0.2, 0.25) is 0 Å². The molecule has 0 saturated heterocycles. The van der Waals surface area contributed by atoms with Crippen LogP contribution in [-0.4, -0.2) is 26.8 Å². The molecule has 0 bridgehead atoms. The molecule has 0 saturated carbocycles. The number of thioether (sulfide) groups is 1. The Morgan fingerprint density at radius 1 is 1.44 bits per heavy atom. The van der Waals surface area contributed by atoms with Crippen molar-refractivity contribution in [2.75, 3.05) is 5.75 Å². The highest BCUT2D eigenvalue weighted by atomic mass is 79.9. The second-order valence-electron chi connectivity index (χ2n) is 3.34. The van der Waals surface area contributed by atoms with Gasteiger partial charge in [-0.25, -0.2) is 4.98 Å². The number of aromatic amines is 1. The maximum atomic E-state index is 11.9. The number of halogens is 2. The third-order valence-electron chi connectivity index (χ3n) is 2.04. The molecule has 1 aromatic heterocycles. The average Bonchev–Trinajstić information content (AvgIpc) is 2.28. The van der Waals surface area contributed by atoms with Crippen molar-refractivity contribution in [1.29, 1.82) is 0 Å². The van der Waals surface area contributed by atoms with Crippen LogP contribution >= 0.6 is 43.6 Å². The molecule has 0 unspecified atom stereocenters. The van der Waals surface area contributed by atoms with Crippen molar-refractivity contribution in [1.82, 2.24) is 9.97 Å². The number of carboxylic acids is 1. The minimum absolute atomic E-state index is 0.150. The normalized spacial score (nSPS) is 10.8. The summed E-state index contributed by atoms with van der Waals surface area (Å²) in [6.45, 7) is 0. The van der Waals surface area contributed by atoms with E-state index < -0.39 is 5.97 Å². The van der Waals surface area contributed by atoms with E-state index in [1.165, 1.54) is 0 Å². The molecule has 8 heteroatoms. The molecule has 0 aliphatic rings. The minimum atomic E-state index is -0.961. The largest absolute Gasteiger partial charge is 0.481 e. The van der Waals surface area contributed by atoms with Crippen molar-refractivity contribution in [2.45, 2.75) is 5.16 Å². The van der Waals surface area contributed by atoms with E-state index >= 15 is 0 Å². The molecule has 2 aromatic rings. The Hall–Kier alpha value is -0.860. The van der Waals surface area contributed by atoms with Gasteiger partial charge in [-0.1, -0.05) is 27.7 Å². The van der Waals surface area contributed by atoms with Gasteiger partial charge in [-0.05, 0) is 28.1 Å². The number of benzene rings is 1. The molecule has 0 amide bonds. The van der Waals surface area contributed by atoms with E-state index in [2.05, 4.69) is 41.8 Å². The maximum absolute atomic E-state index is 11.9. The lowest BCUT2D eigenvalue weighted by Gasteiger charge is -2.03. The number of aliphatic carboxylic acids is 1. The average molecular weight is 394 g/mol. The van der Waals surface area contributed by atoms with E-state index in [4.69, 9.17) is 5.11 Å². The van der Waals surface area contributed by atoms with Gasteiger partial charge in [0, 0.05) is 8.95 Å². The first kappa shape index (κ1) is 13.6. The van der Waals surface area contributed by atoms with Gasteiger partial charge >= 0.3 is 5.97 Å². The molecule has 0 fully saturated rings. The van der Waals surface area contributed by atoms with E-state index in [9.17, 15) is 9.59 Å². The predicted molar refractivity (Wildman–Crippen MR) is 76.1 cm³/mol. The van der Waals surface area contributed by atoms with Crippen LogP contribution in [-0.2, 0) is 4.79 Å². The Morgan fingerprint density at radius 3 is 2.83 bits per heavy atom. The lowest BCUT2D eigenvalue weighted by molar-refractivity contribution is -0.133. The van der Waals surface area contributed by atoms with Crippen LogP contribution in [0.25, 0.3) is 10.9 Å². The first-order valence-electron chi connectivity index (χ1n) is 4.71. The number of aromatic nitrogens is 2. The zero-order chi connectivity index (χ0) is 13.3. The summed E-state index contributed by atoms with van der Waals surface area (Å²) < 4.78 is 1.44. The third-order valence-corrected chi connectivity index (χ3v) is 3.96. The summed E-state index contributed by atoms with van der Waals surface area (Å²) in [5.74, 6) is -1.11. The fraction of sp³-hybridized carbons (Fsp3) is 0.100. The van der Waals surface area contributed by atoms with Gasteiger partial charge in [-0.3, -0.25) is 9.59 Å². The minimum Gasteiger partial charge on any atom is -0.481 e. The molecule has 0 radical (unpaired) electrons. The second-order valence-corrected chi connectivity index (χ2v) is 6.07. The fourth-order valence-electron chi connectivity index (χ4n) is 1.35. The molecular weight excluding hydrogens is 388 g/mol. The fourth-order valence-corrected chi connectivity index (χ4v) is 3.24. The van der Waals surface area contributed by atoms with Crippen LogP contribution in [0.3, 0.4) is 0 Å². The Balaban J connectivity index is 2.55. The highest BCUT2D eigenvalue weighted by Crippen LogP contribution is 2.26. The van der Waals surface area contributed by atoms with Crippen LogP contribution in [0.4, 0.5) is 0 Å². The molecule has 94 valence electrons. The molecular formula is C10H6Br2N2O3S. The summed E-state index contributed by atoms with van der Waals surface area (Å²) in [5.41, 5.74) is 0.213. The van der Waals surface area contributed by atoms with Crippen molar-refractivity contribution in [3.63, 3.8) is 0 Å². The number of H-pyrrole nitrogens is 1. The van der Waals surface area contributed by atoms with Crippen LogP contribution in [0, 0.1) is 0 Å². The third kappa shape index (κ3) is 2.93. The van der Waals surface area contributed by atoms with Crippen molar-refractivity contribution in [2.24, 2.45) is 0 Å². The van der Waals surface area contributed by atoms with Crippen molar-refractivity contribution in [3.8, 4) is 0 Å². The number of hydrogen-bond donors (Lipinski definition) is 2. The van der Waals surface area contributed by atoms with E-state index in [0.29, 0.717) is 15.4 Å². The van der Waals surface area contributed by atoms with E-state index in [1.807, 2.05) is 0 Å². The SMILES string of the molecule is O=C(O)CSc1nc2c(Br)cc(Br)cc2c(=O)[nH]1. The maximum Gasteiger partial charge on any atom is 0.313 e. The summed E-state index contributed by atoms with van der Waals surface area (Å²) in [6, 6.07) is 3.44. The second kappa shape index (κ2) is 5.41. The van der Waals surface area contributed by atoms with E-state index in [-0.39, 0.29) is 16.5 Å². The Kier molecular flexibility index (Phi) is 4.08. The highest BCUT2D eigenvalue weighted by molar-refractivity contribution is 9.11. The van der Waals surface area contributed by atoms with Crippen LogP contribution in [0.15, 0.2) is 31.0 Å². The van der Waals surface area contributed by atoms with Gasteiger partial charge in [0.25, 0.3) is 5.56 Å². The van der Waals surface area contributed by atoms with Gasteiger partial charge in [0.05, 0.1) is 16.7 Å². The topological polar surface area (TPSA) is 83.0 Å². The van der Waals surface area contributed by atoms with Crippen LogP contribution in [0.1, 0.15) is 0 Å². The van der Waals surface area contributed by atoms with Gasteiger partial charge in [-0.2, -0.15) is 0 Å². The molecule has 0 atom stereocenters. The van der Waals surface area contributed by atoms with Crippen molar-refractivity contribution < 1.29 is 9.90 Å². The zero-order valence-electron chi connectivity index (χ0n) is 8.74. The Morgan fingerprint density at radius 2 is 2.17 bits per heavy atom. The Labute approximate surface area is 122 Å². The Bertz CT molecular complexity index is 687. The van der Waals surface area contributed by atoms with Gasteiger partial charge < -0.3 is 10.1 Å². The predicted octanol–water partition coefficient (Wildman–Crippen LogP) is 2.62. The van der Waals surface area contributed by atoms with E-state index in [0.717, 1.165) is 16.2 Å². The number of carboxylic acid groups (broad SMARTS) is 1. The van der Waals surface area contributed by atoms with Gasteiger partial charge in [0.15, 0.2) is 5.16 Å². The molecule has 0 spiro atoms. The van der Waals surface area contributed by atoms with E-state index in [1.54, 1.807) is 12.1 Å². The van der Waals surface area contributed by atoms with Crippen molar-refractivity contribution in [3.05, 3.63) is 31.4 Å². The molecule has 1 aromatic carbocycles. The number of carbonyl (C=O) groups is 1. The first-order chi connectivity index (χ1) is 8.47. The molecule has 5 nitrogen and oxygen atoms in total. The standard InChI is InChI=1S/C10H6Br2N2O3S/c11-4-1-5-8(6(12)2-4)13-10(14-9(5)17)18-3-7(15)16/h1-2H,3H2,(H,15,16)(H,13,14,17). The van der Waals surface area contributed by atoms with Gasteiger partial charge in [-0.15, -0.1) is 0 Å².